The van der Waals surface area contributed by atoms with Crippen LogP contribution in [0.15, 0.2) is 30.5 Å². The van der Waals surface area contributed by atoms with E-state index >= 15 is 0 Å². The summed E-state index contributed by atoms with van der Waals surface area (Å²) in [5.41, 5.74) is 2.36. The molecule has 0 radical (unpaired) electrons. The Morgan fingerprint density at radius 2 is 1.87 bits per heavy atom. The molecule has 7 nitrogen and oxygen atoms in total. The molecule has 1 aromatic carbocycles. The molecule has 1 atom stereocenters. The first-order valence-corrected chi connectivity index (χ1v) is 10.9. The molecule has 1 saturated heterocycles. The van der Waals surface area contributed by atoms with Crippen molar-refractivity contribution in [1.29, 1.82) is 0 Å². The van der Waals surface area contributed by atoms with Gasteiger partial charge in [-0.1, -0.05) is 23.2 Å². The second-order valence-corrected chi connectivity index (χ2v) is 8.89. The molecule has 1 N–H and O–H groups in total. The lowest BCUT2D eigenvalue weighted by Crippen LogP contribution is -2.43. The normalized spacial score (nSPS) is 16.3. The third-order valence-electron chi connectivity index (χ3n) is 5.43. The molecule has 0 bridgehead atoms. The van der Waals surface area contributed by atoms with Gasteiger partial charge in [0.2, 0.25) is 5.91 Å². The minimum absolute atomic E-state index is 0.164. The Bertz CT molecular complexity index is 1150. The van der Waals surface area contributed by atoms with Crippen molar-refractivity contribution in [2.75, 3.05) is 11.9 Å². The van der Waals surface area contributed by atoms with Gasteiger partial charge < -0.3 is 10.2 Å². The van der Waals surface area contributed by atoms with Crippen molar-refractivity contribution in [3.63, 3.8) is 0 Å². The quantitative estimate of drug-likeness (QED) is 0.603. The summed E-state index contributed by atoms with van der Waals surface area (Å²) in [6.45, 7) is 6.38. The Kier molecular flexibility index (Phi) is 5.90. The van der Waals surface area contributed by atoms with E-state index in [0.29, 0.717) is 40.0 Å². The molecule has 1 aliphatic rings. The number of nitrogens with one attached hydrogen (secondary N) is 1. The SMILES string of the molecule is Cc1nc2c(cnn2C(C)C)cc1C(=O)N1CCCC1C(=O)Nc1cc(Cl)cc(Cl)c1. The summed E-state index contributed by atoms with van der Waals surface area (Å²) in [5.74, 6) is -0.463. The Hall–Kier alpha value is -2.64. The van der Waals surface area contributed by atoms with E-state index in [-0.39, 0.29) is 17.9 Å². The summed E-state index contributed by atoms with van der Waals surface area (Å²) in [7, 11) is 0. The largest absolute Gasteiger partial charge is 0.327 e. The molecule has 162 valence electrons. The zero-order valence-electron chi connectivity index (χ0n) is 17.5. The standard InChI is InChI=1S/C22H23Cl2N5O2/c1-12(2)29-20-14(11-25-29)7-18(13(3)26-20)22(31)28-6-4-5-19(28)21(30)27-17-9-15(23)8-16(24)10-17/h7-12,19H,4-6H2,1-3H3,(H,27,30). The first-order chi connectivity index (χ1) is 14.7. The van der Waals surface area contributed by atoms with Crippen molar-refractivity contribution in [3.05, 3.63) is 51.8 Å². The number of aromatic nitrogens is 3. The van der Waals surface area contributed by atoms with Gasteiger partial charge in [-0.05, 0) is 57.9 Å². The fourth-order valence-corrected chi connectivity index (χ4v) is 4.47. The number of hydrogen-bond acceptors (Lipinski definition) is 4. The minimum Gasteiger partial charge on any atom is -0.327 e. The van der Waals surface area contributed by atoms with Crippen LogP contribution in [-0.4, -0.2) is 44.1 Å². The first-order valence-electron chi connectivity index (χ1n) is 10.2. The average Bonchev–Trinajstić information content (AvgIpc) is 3.33. The maximum atomic E-state index is 13.4. The van der Waals surface area contributed by atoms with Crippen LogP contribution in [0.1, 0.15) is 48.8 Å². The van der Waals surface area contributed by atoms with Crippen molar-refractivity contribution in [2.24, 2.45) is 0 Å². The molecule has 1 fully saturated rings. The maximum absolute atomic E-state index is 13.4. The number of fused-ring (bicyclic) bond motifs is 1. The van der Waals surface area contributed by atoms with E-state index < -0.39 is 6.04 Å². The number of halogens is 2. The third-order valence-corrected chi connectivity index (χ3v) is 5.86. The lowest BCUT2D eigenvalue weighted by molar-refractivity contribution is -0.119. The van der Waals surface area contributed by atoms with Crippen LogP contribution >= 0.6 is 23.2 Å². The van der Waals surface area contributed by atoms with E-state index in [0.717, 1.165) is 17.5 Å². The predicted octanol–water partition coefficient (Wildman–Crippen LogP) is 4.87. The number of amides is 2. The number of likely N-dealkylation sites (tertiary alicyclic amines) is 1. The topological polar surface area (TPSA) is 80.1 Å². The van der Waals surface area contributed by atoms with Crippen LogP contribution in [0.25, 0.3) is 11.0 Å². The monoisotopic (exact) mass is 459 g/mol. The van der Waals surface area contributed by atoms with E-state index in [1.165, 1.54) is 0 Å². The van der Waals surface area contributed by atoms with Gasteiger partial charge in [0.1, 0.15) is 6.04 Å². The molecular weight excluding hydrogens is 437 g/mol. The number of carbonyl (C=O) groups excluding carboxylic acids is 2. The highest BCUT2D eigenvalue weighted by Crippen LogP contribution is 2.27. The van der Waals surface area contributed by atoms with Crippen molar-refractivity contribution >= 4 is 51.7 Å². The van der Waals surface area contributed by atoms with Gasteiger partial charge in [0.25, 0.3) is 5.91 Å². The molecule has 1 aliphatic heterocycles. The van der Waals surface area contributed by atoms with Gasteiger partial charge in [-0.25, -0.2) is 9.67 Å². The van der Waals surface area contributed by atoms with Crippen LogP contribution in [0.5, 0.6) is 0 Å². The predicted molar refractivity (Wildman–Crippen MR) is 122 cm³/mol. The number of nitrogens with zero attached hydrogens (tertiary/aromatic N) is 4. The number of hydrogen-bond donors (Lipinski definition) is 1. The lowest BCUT2D eigenvalue weighted by atomic mass is 10.1. The number of aryl methyl sites for hydroxylation is 1. The first kappa shape index (κ1) is 21.6. The molecule has 4 rings (SSSR count). The molecule has 0 saturated carbocycles. The molecule has 2 amide bonds. The average molecular weight is 460 g/mol. The van der Waals surface area contributed by atoms with Gasteiger partial charge in [-0.2, -0.15) is 5.10 Å². The number of benzene rings is 1. The number of carbonyl (C=O) groups is 2. The van der Waals surface area contributed by atoms with Crippen molar-refractivity contribution in [1.82, 2.24) is 19.7 Å². The smallest absolute Gasteiger partial charge is 0.256 e. The molecule has 3 heterocycles. The van der Waals surface area contributed by atoms with Crippen LogP contribution in [-0.2, 0) is 4.79 Å². The van der Waals surface area contributed by atoms with Gasteiger partial charge in [0, 0.05) is 33.7 Å². The summed E-state index contributed by atoms with van der Waals surface area (Å²) >= 11 is 12.0. The lowest BCUT2D eigenvalue weighted by Gasteiger charge is -2.24. The second kappa shape index (κ2) is 8.48. The van der Waals surface area contributed by atoms with Crippen molar-refractivity contribution < 1.29 is 9.59 Å². The molecule has 9 heteroatoms. The van der Waals surface area contributed by atoms with E-state index in [2.05, 4.69) is 15.4 Å². The van der Waals surface area contributed by atoms with Crippen molar-refractivity contribution in [3.8, 4) is 0 Å². The fraction of sp³-hybridized carbons (Fsp3) is 0.364. The second-order valence-electron chi connectivity index (χ2n) is 8.02. The summed E-state index contributed by atoms with van der Waals surface area (Å²) in [6, 6.07) is 6.26. The van der Waals surface area contributed by atoms with Crippen LogP contribution in [0.3, 0.4) is 0 Å². The van der Waals surface area contributed by atoms with Gasteiger partial charge in [0.05, 0.1) is 17.5 Å². The van der Waals surface area contributed by atoms with Gasteiger partial charge >= 0.3 is 0 Å². The van der Waals surface area contributed by atoms with E-state index in [9.17, 15) is 9.59 Å². The summed E-state index contributed by atoms with van der Waals surface area (Å²) in [6.07, 6.45) is 3.06. The Morgan fingerprint density at radius 1 is 1.16 bits per heavy atom. The van der Waals surface area contributed by atoms with E-state index in [4.69, 9.17) is 23.2 Å². The van der Waals surface area contributed by atoms with Gasteiger partial charge in [-0.3, -0.25) is 9.59 Å². The Labute approximate surface area is 190 Å². The summed E-state index contributed by atoms with van der Waals surface area (Å²) < 4.78 is 1.83. The number of pyridine rings is 1. The highest BCUT2D eigenvalue weighted by atomic mass is 35.5. The molecule has 2 aromatic heterocycles. The van der Waals surface area contributed by atoms with Crippen molar-refractivity contribution in [2.45, 2.75) is 45.7 Å². The minimum atomic E-state index is -0.571. The molecular formula is C22H23Cl2N5O2. The molecule has 31 heavy (non-hydrogen) atoms. The van der Waals surface area contributed by atoms with Crippen LogP contribution < -0.4 is 5.32 Å². The highest BCUT2D eigenvalue weighted by molar-refractivity contribution is 6.35. The zero-order valence-corrected chi connectivity index (χ0v) is 19.0. The summed E-state index contributed by atoms with van der Waals surface area (Å²) in [5, 5.41) is 8.87. The molecule has 0 aliphatic carbocycles. The van der Waals surface area contributed by atoms with E-state index in [1.54, 1.807) is 29.3 Å². The summed E-state index contributed by atoms with van der Waals surface area (Å²) in [4.78, 5) is 32.5. The zero-order chi connectivity index (χ0) is 22.3. The fourth-order valence-electron chi connectivity index (χ4n) is 3.95. The van der Waals surface area contributed by atoms with Gasteiger partial charge in [-0.15, -0.1) is 0 Å². The third kappa shape index (κ3) is 4.25. The maximum Gasteiger partial charge on any atom is 0.256 e. The molecule has 3 aromatic rings. The number of anilines is 1. The number of rotatable bonds is 4. The van der Waals surface area contributed by atoms with Gasteiger partial charge in [0.15, 0.2) is 5.65 Å². The Balaban J connectivity index is 1.59. The molecule has 1 unspecified atom stereocenters. The van der Waals surface area contributed by atoms with Crippen LogP contribution in [0.4, 0.5) is 5.69 Å². The van der Waals surface area contributed by atoms with E-state index in [1.807, 2.05) is 31.5 Å². The highest BCUT2D eigenvalue weighted by Gasteiger charge is 2.35. The van der Waals surface area contributed by atoms with Crippen LogP contribution in [0, 0.1) is 6.92 Å². The van der Waals surface area contributed by atoms with Crippen LogP contribution in [0.2, 0.25) is 10.0 Å². The molecule has 0 spiro atoms. The Morgan fingerprint density at radius 3 is 2.55 bits per heavy atom.